The summed E-state index contributed by atoms with van der Waals surface area (Å²) in [5.41, 5.74) is 2.00. The lowest BCUT2D eigenvalue weighted by Gasteiger charge is -2.11. The van der Waals surface area contributed by atoms with Gasteiger partial charge in [-0.15, -0.1) is 0 Å². The van der Waals surface area contributed by atoms with E-state index in [1.165, 1.54) is 0 Å². The minimum absolute atomic E-state index is 0.249. The number of carbonyl (C=O) groups is 1. The average molecular weight is 438 g/mol. The fraction of sp³-hybridized carbons (Fsp3) is 0.0714. The van der Waals surface area contributed by atoms with E-state index in [-0.39, 0.29) is 5.91 Å². The molecule has 0 atom stereocenters. The monoisotopic (exact) mass is 435 g/mol. The molecule has 0 aliphatic carbocycles. The fourth-order valence-electron chi connectivity index (χ4n) is 1.63. The van der Waals surface area contributed by atoms with Crippen LogP contribution in [0.15, 0.2) is 39.3 Å². The SMILES string of the molecule is Cc1cccc(C(=O)Nc2ccc(Br)c(Cl)c2Cl)c1Br. The van der Waals surface area contributed by atoms with Crippen molar-refractivity contribution in [2.75, 3.05) is 5.32 Å². The molecule has 0 aromatic heterocycles. The molecule has 2 aromatic carbocycles. The summed E-state index contributed by atoms with van der Waals surface area (Å²) in [4.78, 5) is 12.3. The van der Waals surface area contributed by atoms with Gasteiger partial charge in [-0.3, -0.25) is 4.79 Å². The standard InChI is InChI=1S/C14H9Br2Cl2NO/c1-7-3-2-4-8(11(7)16)14(20)19-10-6-5-9(15)12(17)13(10)18/h2-6H,1H3,(H,19,20). The van der Waals surface area contributed by atoms with Gasteiger partial charge in [0.2, 0.25) is 0 Å². The Kier molecular flexibility index (Phi) is 5.13. The number of rotatable bonds is 2. The number of amides is 1. The molecule has 2 nitrogen and oxygen atoms in total. The predicted molar refractivity (Wildman–Crippen MR) is 91.0 cm³/mol. The van der Waals surface area contributed by atoms with E-state index in [0.29, 0.717) is 25.8 Å². The second-order valence-electron chi connectivity index (χ2n) is 4.11. The number of hydrogen-bond acceptors (Lipinski definition) is 1. The van der Waals surface area contributed by atoms with Crippen LogP contribution in [-0.4, -0.2) is 5.91 Å². The van der Waals surface area contributed by atoms with Crippen LogP contribution in [0.1, 0.15) is 15.9 Å². The summed E-state index contributed by atoms with van der Waals surface area (Å²) >= 11 is 18.8. The quantitative estimate of drug-likeness (QED) is 0.567. The van der Waals surface area contributed by atoms with Crippen LogP contribution < -0.4 is 5.32 Å². The lowest BCUT2D eigenvalue weighted by Crippen LogP contribution is -2.13. The molecular weight excluding hydrogens is 429 g/mol. The highest BCUT2D eigenvalue weighted by atomic mass is 79.9. The van der Waals surface area contributed by atoms with Crippen molar-refractivity contribution in [2.24, 2.45) is 0 Å². The second-order valence-corrected chi connectivity index (χ2v) is 6.52. The van der Waals surface area contributed by atoms with Gasteiger partial charge >= 0.3 is 0 Å². The van der Waals surface area contributed by atoms with E-state index < -0.39 is 0 Å². The zero-order valence-electron chi connectivity index (χ0n) is 10.3. The van der Waals surface area contributed by atoms with Crippen molar-refractivity contribution in [3.63, 3.8) is 0 Å². The number of anilines is 1. The Balaban J connectivity index is 2.33. The first kappa shape index (κ1) is 15.8. The molecular formula is C14H9Br2Cl2NO. The van der Waals surface area contributed by atoms with Crippen molar-refractivity contribution < 1.29 is 4.79 Å². The summed E-state index contributed by atoms with van der Waals surface area (Å²) in [6.07, 6.45) is 0. The minimum atomic E-state index is -0.249. The summed E-state index contributed by atoms with van der Waals surface area (Å²) in [6.45, 7) is 1.92. The molecule has 6 heteroatoms. The van der Waals surface area contributed by atoms with Gasteiger partial charge in [0.25, 0.3) is 5.91 Å². The first-order chi connectivity index (χ1) is 9.41. The van der Waals surface area contributed by atoms with Gasteiger partial charge in [-0.05, 0) is 62.5 Å². The van der Waals surface area contributed by atoms with E-state index in [9.17, 15) is 4.79 Å². The largest absolute Gasteiger partial charge is 0.321 e. The first-order valence-corrected chi connectivity index (χ1v) is 7.96. The highest BCUT2D eigenvalue weighted by Crippen LogP contribution is 2.36. The predicted octanol–water partition coefficient (Wildman–Crippen LogP) is 6.08. The van der Waals surface area contributed by atoms with Gasteiger partial charge in [0.05, 0.1) is 21.3 Å². The van der Waals surface area contributed by atoms with E-state index in [4.69, 9.17) is 23.2 Å². The third kappa shape index (κ3) is 3.19. The van der Waals surface area contributed by atoms with Crippen molar-refractivity contribution in [2.45, 2.75) is 6.92 Å². The van der Waals surface area contributed by atoms with Crippen LogP contribution in [0.3, 0.4) is 0 Å². The van der Waals surface area contributed by atoms with E-state index in [1.807, 2.05) is 19.1 Å². The van der Waals surface area contributed by atoms with Gasteiger partial charge in [0.15, 0.2) is 0 Å². The third-order valence-electron chi connectivity index (χ3n) is 2.72. The summed E-state index contributed by atoms with van der Waals surface area (Å²) in [5, 5.41) is 3.43. The Morgan fingerprint density at radius 3 is 2.50 bits per heavy atom. The zero-order valence-corrected chi connectivity index (χ0v) is 15.0. The van der Waals surface area contributed by atoms with Crippen molar-refractivity contribution in [3.8, 4) is 0 Å². The molecule has 0 saturated heterocycles. The molecule has 0 unspecified atom stereocenters. The Labute approximate surface area is 143 Å². The van der Waals surface area contributed by atoms with Gasteiger partial charge in [0.1, 0.15) is 0 Å². The van der Waals surface area contributed by atoms with E-state index >= 15 is 0 Å². The summed E-state index contributed by atoms with van der Waals surface area (Å²) in [5.74, 6) is -0.249. The molecule has 1 amide bonds. The van der Waals surface area contributed by atoms with Gasteiger partial charge < -0.3 is 5.32 Å². The topological polar surface area (TPSA) is 29.1 Å². The molecule has 2 aromatic rings. The van der Waals surface area contributed by atoms with Gasteiger partial charge in [0, 0.05) is 8.95 Å². The number of carbonyl (C=O) groups excluding carboxylic acids is 1. The highest BCUT2D eigenvalue weighted by Gasteiger charge is 2.15. The maximum atomic E-state index is 12.3. The van der Waals surface area contributed by atoms with Gasteiger partial charge in [-0.25, -0.2) is 0 Å². The Bertz CT molecular complexity index is 689. The smallest absolute Gasteiger partial charge is 0.256 e. The lowest BCUT2D eigenvalue weighted by molar-refractivity contribution is 0.102. The van der Waals surface area contributed by atoms with Crippen LogP contribution >= 0.6 is 55.1 Å². The number of aryl methyl sites for hydroxylation is 1. The Hall–Kier alpha value is -0.550. The van der Waals surface area contributed by atoms with Crippen molar-refractivity contribution in [3.05, 3.63) is 60.4 Å². The van der Waals surface area contributed by atoms with E-state index in [0.717, 1.165) is 10.0 Å². The molecule has 1 N–H and O–H groups in total. The lowest BCUT2D eigenvalue weighted by atomic mass is 10.1. The first-order valence-electron chi connectivity index (χ1n) is 5.61. The van der Waals surface area contributed by atoms with Crippen molar-refractivity contribution >= 4 is 66.7 Å². The third-order valence-corrected chi connectivity index (χ3v) is 5.54. The van der Waals surface area contributed by atoms with E-state index in [1.54, 1.807) is 18.2 Å². The Morgan fingerprint density at radius 2 is 1.80 bits per heavy atom. The molecule has 0 fully saturated rings. The maximum absolute atomic E-state index is 12.3. The number of hydrogen-bond donors (Lipinski definition) is 1. The molecule has 0 aliphatic rings. The average Bonchev–Trinajstić information content (AvgIpc) is 2.42. The van der Waals surface area contributed by atoms with Gasteiger partial charge in [-0.2, -0.15) is 0 Å². The van der Waals surface area contributed by atoms with Crippen molar-refractivity contribution in [1.29, 1.82) is 0 Å². The fourth-order valence-corrected chi connectivity index (χ4v) is 2.90. The molecule has 0 bridgehead atoms. The van der Waals surface area contributed by atoms with Crippen LogP contribution in [0.4, 0.5) is 5.69 Å². The number of nitrogens with one attached hydrogen (secondary N) is 1. The van der Waals surface area contributed by atoms with Crippen LogP contribution in [0.5, 0.6) is 0 Å². The number of halogens is 4. The van der Waals surface area contributed by atoms with Crippen LogP contribution in [0.2, 0.25) is 10.0 Å². The number of benzene rings is 2. The van der Waals surface area contributed by atoms with Crippen molar-refractivity contribution in [1.82, 2.24) is 0 Å². The molecule has 0 saturated carbocycles. The normalized spacial score (nSPS) is 10.4. The van der Waals surface area contributed by atoms with Gasteiger partial charge in [-0.1, -0.05) is 35.3 Å². The second kappa shape index (κ2) is 6.48. The molecule has 0 heterocycles. The molecule has 0 spiro atoms. The van der Waals surface area contributed by atoms with Crippen LogP contribution in [-0.2, 0) is 0 Å². The zero-order chi connectivity index (χ0) is 14.9. The van der Waals surface area contributed by atoms with Crippen LogP contribution in [0.25, 0.3) is 0 Å². The summed E-state index contributed by atoms with van der Waals surface area (Å²) in [7, 11) is 0. The Morgan fingerprint density at radius 1 is 1.10 bits per heavy atom. The summed E-state index contributed by atoms with van der Waals surface area (Å²) < 4.78 is 1.44. The highest BCUT2D eigenvalue weighted by molar-refractivity contribution is 9.10. The maximum Gasteiger partial charge on any atom is 0.256 e. The molecule has 20 heavy (non-hydrogen) atoms. The molecule has 104 valence electrons. The summed E-state index contributed by atoms with van der Waals surface area (Å²) in [6, 6.07) is 8.91. The molecule has 2 rings (SSSR count). The molecule has 0 radical (unpaired) electrons. The van der Waals surface area contributed by atoms with E-state index in [2.05, 4.69) is 37.2 Å². The minimum Gasteiger partial charge on any atom is -0.321 e. The molecule has 0 aliphatic heterocycles. The van der Waals surface area contributed by atoms with Crippen LogP contribution in [0, 0.1) is 6.92 Å².